The summed E-state index contributed by atoms with van der Waals surface area (Å²) in [5, 5.41) is 7.92. The van der Waals surface area contributed by atoms with Gasteiger partial charge < -0.3 is 16.0 Å². The van der Waals surface area contributed by atoms with Gasteiger partial charge >= 0.3 is 11.8 Å². The van der Waals surface area contributed by atoms with Crippen LogP contribution in [0.5, 0.6) is 0 Å². The Kier molecular flexibility index (Phi) is 7.11. The first-order valence-corrected chi connectivity index (χ1v) is 8.92. The molecule has 0 saturated carbocycles. The molecule has 0 aliphatic rings. The third-order valence-electron chi connectivity index (χ3n) is 3.98. The molecule has 6 heteroatoms. The van der Waals surface area contributed by atoms with Crippen molar-refractivity contribution in [2.45, 2.75) is 32.7 Å². The van der Waals surface area contributed by atoms with Crippen molar-refractivity contribution in [3.8, 4) is 0 Å². The van der Waals surface area contributed by atoms with E-state index in [0.29, 0.717) is 17.8 Å². The molecule has 2 aromatic rings. The second-order valence-corrected chi connectivity index (χ2v) is 6.65. The average Bonchev–Trinajstić information content (AvgIpc) is 2.66. The molecule has 1 atom stereocenters. The lowest BCUT2D eigenvalue weighted by molar-refractivity contribution is -0.136. The normalized spacial score (nSPS) is 11.6. The quantitative estimate of drug-likeness (QED) is 0.686. The van der Waals surface area contributed by atoms with E-state index < -0.39 is 11.8 Å². The summed E-state index contributed by atoms with van der Waals surface area (Å²) in [6.45, 7) is 6.01. The minimum absolute atomic E-state index is 0.0379. The van der Waals surface area contributed by atoms with Gasteiger partial charge in [0.25, 0.3) is 5.91 Å². The van der Waals surface area contributed by atoms with Crippen LogP contribution in [0.2, 0.25) is 0 Å². The lowest BCUT2D eigenvalue weighted by Crippen LogP contribution is -2.38. The third-order valence-corrected chi connectivity index (χ3v) is 3.98. The fraction of sp³-hybridized carbons (Fsp3) is 0.286. The van der Waals surface area contributed by atoms with Gasteiger partial charge in [-0.25, -0.2) is 0 Å². The lowest BCUT2D eigenvalue weighted by Gasteiger charge is -2.14. The molecule has 0 aliphatic heterocycles. The van der Waals surface area contributed by atoms with Gasteiger partial charge in [0.1, 0.15) is 0 Å². The Morgan fingerprint density at radius 3 is 2.15 bits per heavy atom. The van der Waals surface area contributed by atoms with Crippen LogP contribution in [0.3, 0.4) is 0 Å². The first-order valence-electron chi connectivity index (χ1n) is 8.92. The van der Waals surface area contributed by atoms with Crippen molar-refractivity contribution in [2.75, 3.05) is 11.9 Å². The Balaban J connectivity index is 1.96. The first kappa shape index (κ1) is 20.2. The van der Waals surface area contributed by atoms with Crippen LogP contribution >= 0.6 is 0 Å². The fourth-order valence-corrected chi connectivity index (χ4v) is 2.53. The standard InChI is InChI=1S/C21H25N3O3/c1-14(2)23-19(25)17-11-7-8-12-18(17)24-21(27)20(26)22-13-15(3)16-9-5-4-6-10-16/h4-12,14-15H,13H2,1-3H3,(H,22,26)(H,23,25)(H,24,27)/t15-/m0/s1. The molecule has 0 unspecified atom stereocenters. The number of rotatable bonds is 6. The molecule has 3 N–H and O–H groups in total. The molecule has 142 valence electrons. The molecule has 0 heterocycles. The molecule has 0 radical (unpaired) electrons. The van der Waals surface area contributed by atoms with Gasteiger partial charge in [0.2, 0.25) is 0 Å². The van der Waals surface area contributed by atoms with E-state index in [4.69, 9.17) is 0 Å². The predicted molar refractivity (Wildman–Crippen MR) is 106 cm³/mol. The van der Waals surface area contributed by atoms with Gasteiger partial charge in [-0.05, 0) is 37.5 Å². The summed E-state index contributed by atoms with van der Waals surface area (Å²) in [6, 6.07) is 16.3. The highest BCUT2D eigenvalue weighted by Gasteiger charge is 2.18. The molecule has 0 spiro atoms. The van der Waals surface area contributed by atoms with Crippen LogP contribution in [0.1, 0.15) is 42.6 Å². The van der Waals surface area contributed by atoms with E-state index >= 15 is 0 Å². The Hall–Kier alpha value is -3.15. The van der Waals surface area contributed by atoms with Gasteiger partial charge in [0.05, 0.1) is 11.3 Å². The molecule has 2 rings (SSSR count). The zero-order chi connectivity index (χ0) is 19.8. The summed E-state index contributed by atoms with van der Waals surface area (Å²) < 4.78 is 0. The Bertz CT molecular complexity index is 803. The van der Waals surface area contributed by atoms with Crippen molar-refractivity contribution < 1.29 is 14.4 Å². The van der Waals surface area contributed by atoms with Gasteiger partial charge in [0, 0.05) is 12.6 Å². The number of amides is 3. The summed E-state index contributed by atoms with van der Waals surface area (Å²) >= 11 is 0. The number of hydrogen-bond acceptors (Lipinski definition) is 3. The average molecular weight is 367 g/mol. The van der Waals surface area contributed by atoms with Crippen LogP contribution in [0.25, 0.3) is 0 Å². The molecular formula is C21H25N3O3. The molecule has 0 saturated heterocycles. The number of nitrogens with one attached hydrogen (secondary N) is 3. The van der Waals surface area contributed by atoms with Crippen LogP contribution in [-0.2, 0) is 9.59 Å². The van der Waals surface area contributed by atoms with Crippen LogP contribution in [0.15, 0.2) is 54.6 Å². The van der Waals surface area contributed by atoms with Crippen LogP contribution < -0.4 is 16.0 Å². The second kappa shape index (κ2) is 9.52. The highest BCUT2D eigenvalue weighted by atomic mass is 16.2. The smallest absolute Gasteiger partial charge is 0.313 e. The third kappa shape index (κ3) is 5.95. The molecule has 27 heavy (non-hydrogen) atoms. The summed E-state index contributed by atoms with van der Waals surface area (Å²) in [5.41, 5.74) is 1.69. The van der Waals surface area contributed by atoms with Gasteiger partial charge in [-0.2, -0.15) is 0 Å². The topological polar surface area (TPSA) is 87.3 Å². The minimum Gasteiger partial charge on any atom is -0.350 e. The minimum atomic E-state index is -0.806. The molecular weight excluding hydrogens is 342 g/mol. The number of carbonyl (C=O) groups excluding carboxylic acids is 3. The number of hydrogen-bond donors (Lipinski definition) is 3. The van der Waals surface area contributed by atoms with E-state index in [1.165, 1.54) is 0 Å². The summed E-state index contributed by atoms with van der Waals surface area (Å²) in [4.78, 5) is 36.6. The van der Waals surface area contributed by atoms with E-state index in [1.807, 2.05) is 51.1 Å². The molecule has 0 fully saturated rings. The van der Waals surface area contributed by atoms with Crippen molar-refractivity contribution in [1.29, 1.82) is 0 Å². The highest BCUT2D eigenvalue weighted by molar-refractivity contribution is 6.40. The number of anilines is 1. The predicted octanol–water partition coefficient (Wildman–Crippen LogP) is 2.68. The van der Waals surface area contributed by atoms with Crippen molar-refractivity contribution in [3.05, 3.63) is 65.7 Å². The van der Waals surface area contributed by atoms with Gasteiger partial charge in [-0.3, -0.25) is 14.4 Å². The summed E-state index contributed by atoms with van der Waals surface area (Å²) in [5.74, 6) is -1.78. The maximum Gasteiger partial charge on any atom is 0.313 e. The van der Waals surface area contributed by atoms with E-state index in [-0.39, 0.29) is 17.9 Å². The zero-order valence-electron chi connectivity index (χ0n) is 15.8. The Morgan fingerprint density at radius 2 is 1.48 bits per heavy atom. The number of carbonyl (C=O) groups is 3. The Morgan fingerprint density at radius 1 is 0.852 bits per heavy atom. The zero-order valence-corrected chi connectivity index (χ0v) is 15.8. The molecule has 0 aliphatic carbocycles. The molecule has 3 amide bonds. The maximum absolute atomic E-state index is 12.2. The largest absolute Gasteiger partial charge is 0.350 e. The maximum atomic E-state index is 12.2. The SMILES string of the molecule is CC(C)NC(=O)c1ccccc1NC(=O)C(=O)NC[C@H](C)c1ccccc1. The highest BCUT2D eigenvalue weighted by Crippen LogP contribution is 2.16. The van der Waals surface area contributed by atoms with Crippen LogP contribution in [0.4, 0.5) is 5.69 Å². The van der Waals surface area contributed by atoms with Crippen molar-refractivity contribution >= 4 is 23.4 Å². The van der Waals surface area contributed by atoms with E-state index in [9.17, 15) is 14.4 Å². The van der Waals surface area contributed by atoms with Gasteiger partial charge in [-0.1, -0.05) is 49.4 Å². The van der Waals surface area contributed by atoms with Crippen molar-refractivity contribution in [1.82, 2.24) is 10.6 Å². The second-order valence-electron chi connectivity index (χ2n) is 6.65. The Labute approximate surface area is 159 Å². The molecule has 0 aromatic heterocycles. The van der Waals surface area contributed by atoms with E-state index in [0.717, 1.165) is 5.56 Å². The summed E-state index contributed by atoms with van der Waals surface area (Å²) in [6.07, 6.45) is 0. The molecule has 2 aromatic carbocycles. The van der Waals surface area contributed by atoms with Gasteiger partial charge in [0.15, 0.2) is 0 Å². The monoisotopic (exact) mass is 367 g/mol. The van der Waals surface area contributed by atoms with E-state index in [1.54, 1.807) is 24.3 Å². The van der Waals surface area contributed by atoms with E-state index in [2.05, 4.69) is 16.0 Å². The van der Waals surface area contributed by atoms with Crippen LogP contribution in [-0.4, -0.2) is 30.3 Å². The fourth-order valence-electron chi connectivity index (χ4n) is 2.53. The lowest BCUT2D eigenvalue weighted by atomic mass is 10.0. The number of para-hydroxylation sites is 1. The molecule has 6 nitrogen and oxygen atoms in total. The first-order chi connectivity index (χ1) is 12.9. The number of benzene rings is 2. The summed E-state index contributed by atoms with van der Waals surface area (Å²) in [7, 11) is 0. The van der Waals surface area contributed by atoms with Gasteiger partial charge in [-0.15, -0.1) is 0 Å². The van der Waals surface area contributed by atoms with Crippen molar-refractivity contribution in [2.24, 2.45) is 0 Å². The molecule has 0 bridgehead atoms. The van der Waals surface area contributed by atoms with Crippen molar-refractivity contribution in [3.63, 3.8) is 0 Å². The van der Waals surface area contributed by atoms with Crippen LogP contribution in [0, 0.1) is 0 Å².